The first-order valence-corrected chi connectivity index (χ1v) is 6.72. The highest BCUT2D eigenvalue weighted by molar-refractivity contribution is 8.00. The molecule has 1 unspecified atom stereocenters. The summed E-state index contributed by atoms with van der Waals surface area (Å²) in [5.74, 6) is -1.85. The molecule has 0 radical (unpaired) electrons. The number of aliphatic carboxylic acids is 1. The zero-order chi connectivity index (χ0) is 14.2. The van der Waals surface area contributed by atoms with E-state index >= 15 is 0 Å². The van der Waals surface area contributed by atoms with Crippen molar-refractivity contribution >= 4 is 29.3 Å². The van der Waals surface area contributed by atoms with Gasteiger partial charge in [0.1, 0.15) is 11.4 Å². The van der Waals surface area contributed by atoms with Crippen LogP contribution in [0.15, 0.2) is 17.0 Å². The number of nitrogens with zero attached hydrogens (tertiary/aromatic N) is 1. The van der Waals surface area contributed by atoms with E-state index in [0.717, 1.165) is 10.5 Å². The number of carboxylic acid groups (broad SMARTS) is 1. The second kappa shape index (κ2) is 5.13. The summed E-state index contributed by atoms with van der Waals surface area (Å²) in [5, 5.41) is 9.08. The van der Waals surface area contributed by atoms with E-state index in [1.165, 1.54) is 12.0 Å². The SMILES string of the molecule is COc1ccc(C)c2c1N(C(=O)C(=O)O)CC(C)S2. The van der Waals surface area contributed by atoms with Gasteiger partial charge in [-0.3, -0.25) is 9.69 Å². The second-order valence-electron chi connectivity index (χ2n) is 4.41. The molecule has 0 saturated carbocycles. The van der Waals surface area contributed by atoms with Gasteiger partial charge in [0.15, 0.2) is 0 Å². The molecule has 0 aliphatic carbocycles. The fourth-order valence-corrected chi connectivity index (χ4v) is 3.31. The van der Waals surface area contributed by atoms with Crippen LogP contribution in [0, 0.1) is 6.92 Å². The number of hydrogen-bond acceptors (Lipinski definition) is 4. The molecule has 1 aliphatic heterocycles. The maximum absolute atomic E-state index is 11.8. The number of amides is 1. The van der Waals surface area contributed by atoms with Gasteiger partial charge in [-0.2, -0.15) is 0 Å². The fourth-order valence-electron chi connectivity index (χ4n) is 2.11. The minimum atomic E-state index is -1.45. The number of aryl methyl sites for hydroxylation is 1. The molecule has 19 heavy (non-hydrogen) atoms. The Morgan fingerprint density at radius 1 is 1.47 bits per heavy atom. The molecule has 1 N–H and O–H groups in total. The minimum Gasteiger partial charge on any atom is -0.495 e. The number of anilines is 1. The smallest absolute Gasteiger partial charge is 0.394 e. The average Bonchev–Trinajstić information content (AvgIpc) is 2.38. The average molecular weight is 281 g/mol. The number of thioether (sulfide) groups is 1. The monoisotopic (exact) mass is 281 g/mol. The molecular weight excluding hydrogens is 266 g/mol. The summed E-state index contributed by atoms with van der Waals surface area (Å²) in [6.07, 6.45) is 0. The molecule has 1 aromatic rings. The summed E-state index contributed by atoms with van der Waals surface area (Å²) < 4.78 is 5.26. The first kappa shape index (κ1) is 13.7. The van der Waals surface area contributed by atoms with Crippen LogP contribution in [0.4, 0.5) is 5.69 Å². The van der Waals surface area contributed by atoms with Crippen molar-refractivity contribution in [1.82, 2.24) is 0 Å². The van der Waals surface area contributed by atoms with Crippen LogP contribution in [-0.2, 0) is 9.59 Å². The largest absolute Gasteiger partial charge is 0.495 e. The Balaban J connectivity index is 2.60. The van der Waals surface area contributed by atoms with Crippen LogP contribution < -0.4 is 9.64 Å². The van der Waals surface area contributed by atoms with Crippen LogP contribution in [0.2, 0.25) is 0 Å². The van der Waals surface area contributed by atoms with E-state index in [1.807, 2.05) is 19.9 Å². The Hall–Kier alpha value is -1.69. The summed E-state index contributed by atoms with van der Waals surface area (Å²) in [4.78, 5) is 25.0. The lowest BCUT2D eigenvalue weighted by atomic mass is 10.1. The third-order valence-corrected chi connectivity index (χ3v) is 4.27. The van der Waals surface area contributed by atoms with Gasteiger partial charge in [0.2, 0.25) is 0 Å². The Bertz CT molecular complexity index is 544. The van der Waals surface area contributed by atoms with Crippen LogP contribution in [0.25, 0.3) is 0 Å². The Labute approximate surface area is 115 Å². The van der Waals surface area contributed by atoms with Gasteiger partial charge < -0.3 is 9.84 Å². The Morgan fingerprint density at radius 3 is 2.74 bits per heavy atom. The minimum absolute atomic E-state index is 0.140. The Morgan fingerprint density at radius 2 is 2.16 bits per heavy atom. The highest BCUT2D eigenvalue weighted by Gasteiger charge is 2.33. The first-order chi connectivity index (χ1) is 8.95. The molecule has 1 amide bonds. The number of ether oxygens (including phenoxy) is 1. The predicted molar refractivity (Wildman–Crippen MR) is 73.0 cm³/mol. The molecule has 5 nitrogen and oxygen atoms in total. The fraction of sp³-hybridized carbons (Fsp3) is 0.385. The summed E-state index contributed by atoms with van der Waals surface area (Å²) in [6.45, 7) is 4.27. The van der Waals surface area contributed by atoms with Gasteiger partial charge in [0.25, 0.3) is 0 Å². The number of carboxylic acids is 1. The number of methoxy groups -OCH3 is 1. The van der Waals surface area contributed by atoms with Crippen molar-refractivity contribution < 1.29 is 19.4 Å². The van der Waals surface area contributed by atoms with E-state index in [0.29, 0.717) is 18.0 Å². The number of hydrogen-bond donors (Lipinski definition) is 1. The van der Waals surface area contributed by atoms with Crippen molar-refractivity contribution in [2.75, 3.05) is 18.6 Å². The molecule has 2 rings (SSSR count). The normalized spacial score (nSPS) is 17.8. The molecule has 1 heterocycles. The van der Waals surface area contributed by atoms with Gasteiger partial charge in [0.05, 0.1) is 7.11 Å². The van der Waals surface area contributed by atoms with Gasteiger partial charge in [-0.15, -0.1) is 11.8 Å². The second-order valence-corrected chi connectivity index (χ2v) is 5.86. The van der Waals surface area contributed by atoms with Crippen LogP contribution in [0.1, 0.15) is 12.5 Å². The van der Waals surface area contributed by atoms with Gasteiger partial charge in [-0.25, -0.2) is 4.79 Å². The standard InChI is InChI=1S/C13H15NO4S/c1-7-4-5-9(18-3)10-11(7)19-8(2)6-14(10)12(15)13(16)17/h4-5,8H,6H2,1-3H3,(H,16,17). The lowest BCUT2D eigenvalue weighted by Crippen LogP contribution is -2.42. The molecule has 0 bridgehead atoms. The van der Waals surface area contributed by atoms with Gasteiger partial charge >= 0.3 is 11.9 Å². The van der Waals surface area contributed by atoms with Crippen molar-refractivity contribution in [1.29, 1.82) is 0 Å². The summed E-state index contributed by atoms with van der Waals surface area (Å²) >= 11 is 1.63. The third kappa shape index (κ3) is 2.40. The lowest BCUT2D eigenvalue weighted by molar-refractivity contribution is -0.148. The van der Waals surface area contributed by atoms with Gasteiger partial charge in [-0.1, -0.05) is 13.0 Å². The van der Waals surface area contributed by atoms with Crippen molar-refractivity contribution in [3.05, 3.63) is 17.7 Å². The van der Waals surface area contributed by atoms with Crippen LogP contribution in [0.3, 0.4) is 0 Å². The summed E-state index contributed by atoms with van der Waals surface area (Å²) in [5.41, 5.74) is 1.58. The molecule has 1 aliphatic rings. The maximum atomic E-state index is 11.8. The molecule has 102 valence electrons. The van der Waals surface area contributed by atoms with Crippen molar-refractivity contribution in [2.24, 2.45) is 0 Å². The molecule has 6 heteroatoms. The number of rotatable bonds is 1. The summed E-state index contributed by atoms with van der Waals surface area (Å²) in [6, 6.07) is 3.67. The van der Waals surface area contributed by atoms with E-state index in [9.17, 15) is 9.59 Å². The van der Waals surface area contributed by atoms with Crippen LogP contribution in [-0.4, -0.2) is 35.9 Å². The molecule has 0 spiro atoms. The maximum Gasteiger partial charge on any atom is 0.394 e. The highest BCUT2D eigenvalue weighted by atomic mass is 32.2. The quantitative estimate of drug-likeness (QED) is 0.797. The molecule has 1 aromatic carbocycles. The highest BCUT2D eigenvalue weighted by Crippen LogP contribution is 2.45. The van der Waals surface area contributed by atoms with E-state index < -0.39 is 11.9 Å². The van der Waals surface area contributed by atoms with E-state index in [2.05, 4.69) is 0 Å². The molecular formula is C13H15NO4S. The lowest BCUT2D eigenvalue weighted by Gasteiger charge is -2.33. The molecule has 0 aromatic heterocycles. The number of benzene rings is 1. The first-order valence-electron chi connectivity index (χ1n) is 5.84. The molecule has 0 fully saturated rings. The summed E-state index contributed by atoms with van der Waals surface area (Å²) in [7, 11) is 1.51. The van der Waals surface area contributed by atoms with E-state index in [-0.39, 0.29) is 5.25 Å². The number of fused-ring (bicyclic) bond motifs is 1. The van der Waals surface area contributed by atoms with Crippen molar-refractivity contribution in [3.8, 4) is 5.75 Å². The predicted octanol–water partition coefficient (Wildman–Crippen LogP) is 1.92. The van der Waals surface area contributed by atoms with Gasteiger partial charge in [0, 0.05) is 16.7 Å². The van der Waals surface area contributed by atoms with Crippen molar-refractivity contribution in [3.63, 3.8) is 0 Å². The number of carbonyl (C=O) groups excluding carboxylic acids is 1. The zero-order valence-corrected chi connectivity index (χ0v) is 11.8. The third-order valence-electron chi connectivity index (χ3n) is 2.97. The topological polar surface area (TPSA) is 66.8 Å². The zero-order valence-electron chi connectivity index (χ0n) is 11.0. The molecule has 1 atom stereocenters. The van der Waals surface area contributed by atoms with E-state index in [1.54, 1.807) is 17.8 Å². The van der Waals surface area contributed by atoms with Crippen molar-refractivity contribution in [2.45, 2.75) is 24.0 Å². The van der Waals surface area contributed by atoms with Gasteiger partial charge in [-0.05, 0) is 18.6 Å². The van der Waals surface area contributed by atoms with E-state index in [4.69, 9.17) is 9.84 Å². The van der Waals surface area contributed by atoms with Crippen LogP contribution in [0.5, 0.6) is 5.75 Å². The Kier molecular flexibility index (Phi) is 3.71. The number of carbonyl (C=O) groups is 2. The molecule has 0 saturated heterocycles. The van der Waals surface area contributed by atoms with Crippen LogP contribution >= 0.6 is 11.8 Å².